The second kappa shape index (κ2) is 11.2. The number of carboxylic acid groups (broad SMARTS) is 1. The summed E-state index contributed by atoms with van der Waals surface area (Å²) in [4.78, 5) is 29.9. The van der Waals surface area contributed by atoms with Crippen LogP contribution in [0.3, 0.4) is 0 Å². The quantitative estimate of drug-likeness (QED) is 0.241. The Morgan fingerprint density at radius 3 is 2.64 bits per heavy atom. The molecule has 0 spiro atoms. The summed E-state index contributed by atoms with van der Waals surface area (Å²) in [5.74, 6) is -0.326. The smallest absolute Gasteiger partial charge is 0.335 e. The van der Waals surface area contributed by atoms with Gasteiger partial charge in [-0.3, -0.25) is 9.78 Å². The molecule has 9 nitrogen and oxygen atoms in total. The van der Waals surface area contributed by atoms with Crippen LogP contribution in [0.4, 0.5) is 11.4 Å². The summed E-state index contributed by atoms with van der Waals surface area (Å²) in [6.07, 6.45) is 1.71. The number of halogens is 1. The van der Waals surface area contributed by atoms with Gasteiger partial charge in [-0.25, -0.2) is 4.79 Å². The zero-order valence-electron chi connectivity index (χ0n) is 20.6. The van der Waals surface area contributed by atoms with Crippen molar-refractivity contribution in [2.45, 2.75) is 12.1 Å². The van der Waals surface area contributed by atoms with Crippen LogP contribution >= 0.6 is 23.8 Å². The SMILES string of the molecule is COCC(=O)Nc1ccc(N2C(=S)N[C@H](c3ccccn3)[C@@H]2c2ccc(-c3cc(C(=O)O)ccc3Cl)o2)cc1. The van der Waals surface area contributed by atoms with Crippen molar-refractivity contribution in [1.29, 1.82) is 0 Å². The summed E-state index contributed by atoms with van der Waals surface area (Å²) in [5.41, 5.74) is 2.71. The maximum atomic E-state index is 11.9. The topological polar surface area (TPSA) is 117 Å². The van der Waals surface area contributed by atoms with E-state index in [0.29, 0.717) is 32.9 Å². The second-order valence-corrected chi connectivity index (χ2v) is 9.52. The summed E-state index contributed by atoms with van der Waals surface area (Å²) < 4.78 is 11.2. The fraction of sp³-hybridized carbons (Fsp3) is 0.143. The number of pyridine rings is 1. The number of hydrogen-bond acceptors (Lipinski definition) is 6. The van der Waals surface area contributed by atoms with Crippen LogP contribution in [0.5, 0.6) is 0 Å². The average Bonchev–Trinajstić information content (AvgIpc) is 3.54. The fourth-order valence-electron chi connectivity index (χ4n) is 4.46. The Morgan fingerprint density at radius 1 is 1.15 bits per heavy atom. The van der Waals surface area contributed by atoms with Crippen molar-refractivity contribution in [2.24, 2.45) is 0 Å². The van der Waals surface area contributed by atoms with Gasteiger partial charge in [-0.05, 0) is 78.9 Å². The Kier molecular flexibility index (Phi) is 7.60. The van der Waals surface area contributed by atoms with E-state index in [-0.39, 0.29) is 24.1 Å². The highest BCUT2D eigenvalue weighted by Crippen LogP contribution is 2.43. The molecule has 0 unspecified atom stereocenters. The van der Waals surface area contributed by atoms with E-state index in [4.69, 9.17) is 33.0 Å². The fourth-order valence-corrected chi connectivity index (χ4v) is 5.02. The molecule has 5 rings (SSSR count). The third kappa shape index (κ3) is 5.49. The van der Waals surface area contributed by atoms with Gasteiger partial charge in [0.1, 0.15) is 24.2 Å². The van der Waals surface area contributed by atoms with Crippen molar-refractivity contribution >= 4 is 52.2 Å². The van der Waals surface area contributed by atoms with Gasteiger partial charge in [0.25, 0.3) is 0 Å². The molecule has 1 amide bonds. The Labute approximate surface area is 234 Å². The van der Waals surface area contributed by atoms with Crippen molar-refractivity contribution in [3.05, 3.63) is 101 Å². The third-order valence-corrected chi connectivity index (χ3v) is 6.84. The molecule has 2 atom stereocenters. The zero-order chi connectivity index (χ0) is 27.5. The highest BCUT2D eigenvalue weighted by atomic mass is 35.5. The van der Waals surface area contributed by atoms with Crippen LogP contribution in [0.1, 0.15) is 33.9 Å². The van der Waals surface area contributed by atoms with E-state index < -0.39 is 12.0 Å². The Bertz CT molecular complexity index is 1530. The molecule has 39 heavy (non-hydrogen) atoms. The van der Waals surface area contributed by atoms with Crippen LogP contribution in [0.25, 0.3) is 11.3 Å². The molecule has 2 aromatic carbocycles. The standard InChI is InChI=1S/C28H23ClN4O5S/c1-37-15-24(34)31-17-6-8-18(9-7-17)33-26(25(32-28(33)39)21-4-2-3-13-30-21)23-12-11-22(38-23)19-14-16(27(35)36)5-10-20(19)29/h2-14,25-26H,15H2,1H3,(H,31,34)(H,32,39)(H,35,36)/t25-,26+/m1/s1. The molecule has 0 aliphatic carbocycles. The van der Waals surface area contributed by atoms with Crippen molar-refractivity contribution in [1.82, 2.24) is 10.3 Å². The first-order chi connectivity index (χ1) is 18.9. The Hall–Kier alpha value is -4.25. The van der Waals surface area contributed by atoms with Gasteiger partial charge in [0.2, 0.25) is 5.91 Å². The molecule has 2 aromatic heterocycles. The number of thiocarbonyl (C=S) groups is 1. The van der Waals surface area contributed by atoms with Gasteiger partial charge in [-0.1, -0.05) is 17.7 Å². The number of carboxylic acids is 1. The summed E-state index contributed by atoms with van der Waals surface area (Å²) in [6, 6.07) is 20.1. The summed E-state index contributed by atoms with van der Waals surface area (Å²) in [6.45, 7) is -0.0457. The number of methoxy groups -OCH3 is 1. The molecule has 1 fully saturated rings. The maximum absolute atomic E-state index is 11.9. The molecule has 11 heteroatoms. The molecule has 1 aliphatic rings. The number of carbonyl (C=O) groups excluding carboxylic acids is 1. The van der Waals surface area contributed by atoms with Gasteiger partial charge in [0, 0.05) is 30.2 Å². The Morgan fingerprint density at radius 2 is 1.95 bits per heavy atom. The number of amides is 1. The minimum Gasteiger partial charge on any atom is -0.478 e. The first-order valence-electron chi connectivity index (χ1n) is 11.9. The minimum absolute atomic E-state index is 0.0457. The van der Waals surface area contributed by atoms with Crippen LogP contribution in [0.2, 0.25) is 5.02 Å². The number of ether oxygens (including phenoxy) is 1. The lowest BCUT2D eigenvalue weighted by Gasteiger charge is -2.26. The highest BCUT2D eigenvalue weighted by Gasteiger charge is 2.42. The number of hydrogen-bond donors (Lipinski definition) is 3. The molecule has 1 saturated heterocycles. The van der Waals surface area contributed by atoms with Crippen LogP contribution in [-0.4, -0.2) is 40.8 Å². The van der Waals surface area contributed by atoms with E-state index in [1.807, 2.05) is 41.3 Å². The normalized spacial score (nSPS) is 16.7. The van der Waals surface area contributed by atoms with E-state index in [1.54, 1.807) is 24.4 Å². The van der Waals surface area contributed by atoms with Crippen molar-refractivity contribution in [2.75, 3.05) is 23.9 Å². The molecule has 3 heterocycles. The number of nitrogens with zero attached hydrogens (tertiary/aromatic N) is 2. The number of nitrogens with one attached hydrogen (secondary N) is 2. The van der Waals surface area contributed by atoms with E-state index in [1.165, 1.54) is 25.3 Å². The predicted octanol–water partition coefficient (Wildman–Crippen LogP) is 5.46. The van der Waals surface area contributed by atoms with Crippen molar-refractivity contribution < 1.29 is 23.8 Å². The van der Waals surface area contributed by atoms with E-state index in [9.17, 15) is 14.7 Å². The van der Waals surface area contributed by atoms with E-state index in [2.05, 4.69) is 15.6 Å². The van der Waals surface area contributed by atoms with Crippen LogP contribution in [0, 0.1) is 0 Å². The number of carbonyl (C=O) groups is 2. The molecule has 198 valence electrons. The average molecular weight is 563 g/mol. The van der Waals surface area contributed by atoms with Gasteiger partial charge < -0.3 is 29.8 Å². The first kappa shape index (κ1) is 26.4. The van der Waals surface area contributed by atoms with E-state index >= 15 is 0 Å². The van der Waals surface area contributed by atoms with Crippen LogP contribution < -0.4 is 15.5 Å². The number of benzene rings is 2. The van der Waals surface area contributed by atoms with Gasteiger partial charge in [-0.15, -0.1) is 0 Å². The zero-order valence-corrected chi connectivity index (χ0v) is 22.2. The Balaban J connectivity index is 1.53. The number of aromatic nitrogens is 1. The van der Waals surface area contributed by atoms with Gasteiger partial charge >= 0.3 is 5.97 Å². The number of furan rings is 1. The minimum atomic E-state index is -1.06. The molecule has 1 aliphatic heterocycles. The lowest BCUT2D eigenvalue weighted by atomic mass is 10.0. The number of anilines is 2. The monoisotopic (exact) mass is 562 g/mol. The van der Waals surface area contributed by atoms with Gasteiger partial charge in [-0.2, -0.15) is 0 Å². The highest BCUT2D eigenvalue weighted by molar-refractivity contribution is 7.80. The molecule has 0 radical (unpaired) electrons. The molecule has 0 saturated carbocycles. The van der Waals surface area contributed by atoms with E-state index in [0.717, 1.165) is 11.4 Å². The number of aromatic carboxylic acids is 1. The third-order valence-electron chi connectivity index (χ3n) is 6.20. The number of rotatable bonds is 8. The maximum Gasteiger partial charge on any atom is 0.335 e. The van der Waals surface area contributed by atoms with Gasteiger partial charge in [0.05, 0.1) is 22.3 Å². The van der Waals surface area contributed by atoms with Crippen molar-refractivity contribution in [3.63, 3.8) is 0 Å². The van der Waals surface area contributed by atoms with Crippen molar-refractivity contribution in [3.8, 4) is 11.3 Å². The molecular weight excluding hydrogens is 540 g/mol. The lowest BCUT2D eigenvalue weighted by Crippen LogP contribution is -2.29. The largest absolute Gasteiger partial charge is 0.478 e. The second-order valence-electron chi connectivity index (χ2n) is 8.73. The first-order valence-corrected chi connectivity index (χ1v) is 12.7. The van der Waals surface area contributed by atoms with Gasteiger partial charge in [0.15, 0.2) is 5.11 Å². The predicted molar refractivity (Wildman–Crippen MR) is 151 cm³/mol. The summed E-state index contributed by atoms with van der Waals surface area (Å²) in [7, 11) is 1.46. The summed E-state index contributed by atoms with van der Waals surface area (Å²) in [5, 5.41) is 16.4. The molecule has 0 bridgehead atoms. The molecule has 3 N–H and O–H groups in total. The lowest BCUT2D eigenvalue weighted by molar-refractivity contribution is -0.119. The summed E-state index contributed by atoms with van der Waals surface area (Å²) >= 11 is 12.2. The molecule has 4 aromatic rings. The molecular formula is C28H23ClN4O5S. The van der Waals surface area contributed by atoms with Crippen LogP contribution in [0.15, 0.2) is 83.4 Å². The van der Waals surface area contributed by atoms with Crippen LogP contribution in [-0.2, 0) is 9.53 Å².